The Morgan fingerprint density at radius 2 is 1.76 bits per heavy atom. The Morgan fingerprint density at radius 3 is 2.57 bits per heavy atom. The first-order chi connectivity index (χ1) is 17.8. The number of nitrogens with zero attached hydrogens (tertiary/aromatic N) is 3. The molecular weight excluding hydrogens is 477 g/mol. The summed E-state index contributed by atoms with van der Waals surface area (Å²) in [7, 11) is 0. The van der Waals surface area contributed by atoms with Crippen LogP contribution in [0.3, 0.4) is 0 Å². The van der Waals surface area contributed by atoms with Crippen molar-refractivity contribution in [2.75, 3.05) is 19.7 Å². The number of carbonyl (C=O) groups excluding carboxylic acids is 3. The predicted octanol–water partition coefficient (Wildman–Crippen LogP) is 2.69. The van der Waals surface area contributed by atoms with Gasteiger partial charge in [-0.05, 0) is 63.1 Å². The van der Waals surface area contributed by atoms with Crippen LogP contribution in [0.4, 0.5) is 4.39 Å². The average molecular weight is 506 g/mol. The largest absolute Gasteiger partial charge is 0.491 e. The summed E-state index contributed by atoms with van der Waals surface area (Å²) in [6.07, 6.45) is 1.37. The van der Waals surface area contributed by atoms with Crippen LogP contribution in [0, 0.1) is 19.7 Å². The van der Waals surface area contributed by atoms with Crippen molar-refractivity contribution in [1.82, 2.24) is 25.5 Å². The maximum atomic E-state index is 13.9. The Labute approximate surface area is 213 Å². The van der Waals surface area contributed by atoms with Crippen molar-refractivity contribution in [3.8, 4) is 5.75 Å². The molecule has 1 fully saturated rings. The monoisotopic (exact) mass is 505 g/mol. The van der Waals surface area contributed by atoms with Gasteiger partial charge in [-0.25, -0.2) is 14.4 Å². The van der Waals surface area contributed by atoms with E-state index in [4.69, 9.17) is 4.74 Å². The van der Waals surface area contributed by atoms with Gasteiger partial charge in [-0.1, -0.05) is 0 Å². The molecule has 9 nitrogen and oxygen atoms in total. The number of hydrogen-bond donors (Lipinski definition) is 2. The zero-order valence-corrected chi connectivity index (χ0v) is 20.7. The Hall–Kier alpha value is -4.08. The lowest BCUT2D eigenvalue weighted by Crippen LogP contribution is -2.48. The summed E-state index contributed by atoms with van der Waals surface area (Å²) in [6, 6.07) is 8.27. The second kappa shape index (κ2) is 10.1. The van der Waals surface area contributed by atoms with Crippen LogP contribution >= 0.6 is 0 Å². The van der Waals surface area contributed by atoms with Crippen molar-refractivity contribution in [2.45, 2.75) is 45.2 Å². The molecule has 3 amide bonds. The molecule has 10 heteroatoms. The molecule has 37 heavy (non-hydrogen) atoms. The number of benzene rings is 2. The van der Waals surface area contributed by atoms with Gasteiger partial charge in [-0.3, -0.25) is 14.4 Å². The van der Waals surface area contributed by atoms with E-state index >= 15 is 0 Å². The fourth-order valence-electron chi connectivity index (χ4n) is 4.96. The van der Waals surface area contributed by atoms with Gasteiger partial charge in [0.2, 0.25) is 5.91 Å². The van der Waals surface area contributed by atoms with Gasteiger partial charge in [-0.15, -0.1) is 0 Å². The summed E-state index contributed by atoms with van der Waals surface area (Å²) in [5.41, 5.74) is 3.44. The fraction of sp³-hybridized carbons (Fsp3) is 0.370. The molecule has 0 radical (unpaired) electrons. The highest BCUT2D eigenvalue weighted by atomic mass is 19.1. The van der Waals surface area contributed by atoms with Gasteiger partial charge in [0.15, 0.2) is 0 Å². The van der Waals surface area contributed by atoms with Crippen LogP contribution in [0.5, 0.6) is 5.75 Å². The van der Waals surface area contributed by atoms with Crippen LogP contribution in [0.2, 0.25) is 0 Å². The van der Waals surface area contributed by atoms with E-state index < -0.39 is 11.7 Å². The highest BCUT2D eigenvalue weighted by Gasteiger charge is 2.38. The van der Waals surface area contributed by atoms with Gasteiger partial charge in [0.1, 0.15) is 18.2 Å². The van der Waals surface area contributed by atoms with Crippen molar-refractivity contribution < 1.29 is 23.5 Å². The number of ether oxygens (including phenoxy) is 1. The summed E-state index contributed by atoms with van der Waals surface area (Å²) in [5, 5.41) is 5.65. The average Bonchev–Trinajstić information content (AvgIpc) is 3.27. The quantitative estimate of drug-likeness (QED) is 0.526. The summed E-state index contributed by atoms with van der Waals surface area (Å²) >= 11 is 0. The lowest BCUT2D eigenvalue weighted by atomic mass is 10.1. The van der Waals surface area contributed by atoms with E-state index in [9.17, 15) is 18.8 Å². The minimum absolute atomic E-state index is 0.0644. The van der Waals surface area contributed by atoms with Gasteiger partial charge in [0, 0.05) is 30.6 Å². The van der Waals surface area contributed by atoms with Gasteiger partial charge >= 0.3 is 0 Å². The predicted molar refractivity (Wildman–Crippen MR) is 134 cm³/mol. The van der Waals surface area contributed by atoms with E-state index in [2.05, 4.69) is 20.6 Å². The Balaban J connectivity index is 1.45. The zero-order valence-electron chi connectivity index (χ0n) is 20.7. The third-order valence-corrected chi connectivity index (χ3v) is 6.96. The van der Waals surface area contributed by atoms with Crippen molar-refractivity contribution in [1.29, 1.82) is 0 Å². The molecule has 5 rings (SSSR count). The van der Waals surface area contributed by atoms with E-state index in [1.165, 1.54) is 12.1 Å². The topological polar surface area (TPSA) is 114 Å². The third kappa shape index (κ3) is 5.09. The van der Waals surface area contributed by atoms with Crippen LogP contribution in [-0.2, 0) is 4.79 Å². The Morgan fingerprint density at radius 1 is 1.00 bits per heavy atom. The number of fused-ring (bicyclic) bond motifs is 4. The van der Waals surface area contributed by atoms with Gasteiger partial charge in [-0.2, -0.15) is 0 Å². The second-order valence-electron chi connectivity index (χ2n) is 9.45. The number of nitrogens with one attached hydrogen (secondary N) is 2. The fourth-order valence-corrected chi connectivity index (χ4v) is 4.96. The first kappa shape index (κ1) is 24.6. The standard InChI is InChI=1S/C27H28FN5O4/c1-15-16(2)32-23-11-17(3-7-22(23)31-15)27(36)33-19-5-6-20(33)14-30-26(35)21-12-18(28)4-8-24(21)37-10-9-29-25(34)13-19/h3-4,7-8,11-12,19-20H,5-6,9-10,13-14H2,1-2H3,(H,29,34)(H,30,35)/t19-,20+/m0/s1. The van der Waals surface area contributed by atoms with Crippen molar-refractivity contribution in [3.63, 3.8) is 0 Å². The number of hydrogen-bond acceptors (Lipinski definition) is 6. The van der Waals surface area contributed by atoms with Crippen molar-refractivity contribution in [2.24, 2.45) is 0 Å². The van der Waals surface area contributed by atoms with E-state index in [1.807, 2.05) is 13.8 Å². The summed E-state index contributed by atoms with van der Waals surface area (Å²) in [4.78, 5) is 50.2. The molecule has 0 saturated carbocycles. The molecule has 3 heterocycles. The first-order valence-corrected chi connectivity index (χ1v) is 12.3. The third-order valence-electron chi connectivity index (χ3n) is 6.96. The molecule has 2 N–H and O–H groups in total. The highest BCUT2D eigenvalue weighted by molar-refractivity contribution is 5.99. The molecule has 0 unspecified atom stereocenters. The molecule has 0 spiro atoms. The lowest BCUT2D eigenvalue weighted by Gasteiger charge is -2.31. The smallest absolute Gasteiger partial charge is 0.255 e. The number of halogens is 1. The van der Waals surface area contributed by atoms with Crippen LogP contribution in [-0.4, -0.2) is 64.4 Å². The molecule has 2 aromatic carbocycles. The Kier molecular flexibility index (Phi) is 6.73. The summed E-state index contributed by atoms with van der Waals surface area (Å²) in [6.45, 7) is 4.24. The van der Waals surface area contributed by atoms with Gasteiger partial charge in [0.05, 0.1) is 34.5 Å². The van der Waals surface area contributed by atoms with E-state index in [0.717, 1.165) is 17.5 Å². The van der Waals surface area contributed by atoms with E-state index in [1.54, 1.807) is 23.1 Å². The van der Waals surface area contributed by atoms with E-state index in [-0.39, 0.29) is 61.3 Å². The number of aromatic nitrogens is 2. The molecule has 3 aromatic rings. The summed E-state index contributed by atoms with van der Waals surface area (Å²) < 4.78 is 19.5. The van der Waals surface area contributed by atoms with Crippen LogP contribution in [0.1, 0.15) is 51.4 Å². The molecule has 192 valence electrons. The summed E-state index contributed by atoms with van der Waals surface area (Å²) in [5.74, 6) is -1.25. The maximum absolute atomic E-state index is 13.9. The molecule has 0 aliphatic carbocycles. The molecule has 2 bridgehead atoms. The normalized spacial score (nSPS) is 20.5. The minimum atomic E-state index is -0.561. The minimum Gasteiger partial charge on any atom is -0.491 e. The zero-order chi connectivity index (χ0) is 26.1. The van der Waals surface area contributed by atoms with Crippen molar-refractivity contribution in [3.05, 3.63) is 64.7 Å². The highest BCUT2D eigenvalue weighted by Crippen LogP contribution is 2.29. The second-order valence-corrected chi connectivity index (χ2v) is 9.45. The van der Waals surface area contributed by atoms with Crippen LogP contribution < -0.4 is 15.4 Å². The lowest BCUT2D eigenvalue weighted by molar-refractivity contribution is -0.122. The maximum Gasteiger partial charge on any atom is 0.255 e. The molecule has 1 aromatic heterocycles. The first-order valence-electron chi connectivity index (χ1n) is 12.3. The van der Waals surface area contributed by atoms with Gasteiger partial charge in [0.25, 0.3) is 11.8 Å². The molecule has 2 atom stereocenters. The van der Waals surface area contributed by atoms with Crippen LogP contribution in [0.15, 0.2) is 36.4 Å². The Bertz CT molecular complexity index is 1390. The van der Waals surface area contributed by atoms with Crippen LogP contribution in [0.25, 0.3) is 11.0 Å². The van der Waals surface area contributed by atoms with Gasteiger partial charge < -0.3 is 20.3 Å². The SMILES string of the molecule is Cc1nc2ccc(C(=O)N3[C@@H]4CC[C@H]3CC(=O)NCCOc3ccc(F)cc3C(=O)NC4)cc2nc1C. The molecule has 2 aliphatic heterocycles. The number of rotatable bonds is 1. The molecule has 1 saturated heterocycles. The number of aryl methyl sites for hydroxylation is 2. The van der Waals surface area contributed by atoms with E-state index in [0.29, 0.717) is 29.4 Å². The molecule has 2 aliphatic rings. The number of amides is 3. The molecular formula is C27H28FN5O4. The van der Waals surface area contributed by atoms with Crippen molar-refractivity contribution >= 4 is 28.8 Å². The number of carbonyl (C=O) groups is 3.